The molecular formula is C13H18N3O5P. The number of methoxy groups -OCH3 is 2. The van der Waals surface area contributed by atoms with E-state index in [0.29, 0.717) is 35.8 Å². The SMILES string of the molecule is COc1cc2ncnc(NCCCP(=O)(O)O)c2cc1OC. The zero-order chi connectivity index (χ0) is 16.2. The lowest BCUT2D eigenvalue weighted by Gasteiger charge is -2.12. The number of nitrogens with zero attached hydrogens (tertiary/aromatic N) is 2. The molecular weight excluding hydrogens is 309 g/mol. The first kappa shape index (κ1) is 16.5. The van der Waals surface area contributed by atoms with Crippen LogP contribution in [-0.4, -0.2) is 46.7 Å². The van der Waals surface area contributed by atoms with Crippen molar-refractivity contribution in [3.8, 4) is 11.5 Å². The van der Waals surface area contributed by atoms with Gasteiger partial charge in [-0.25, -0.2) is 9.97 Å². The third-order valence-corrected chi connectivity index (χ3v) is 3.96. The number of rotatable bonds is 7. The number of fused-ring (bicyclic) bond motifs is 1. The van der Waals surface area contributed by atoms with Crippen molar-refractivity contribution >= 4 is 24.3 Å². The largest absolute Gasteiger partial charge is 0.493 e. The lowest BCUT2D eigenvalue weighted by molar-refractivity contribution is 0.356. The second-order valence-electron chi connectivity index (χ2n) is 4.62. The minimum atomic E-state index is -3.97. The molecule has 0 fully saturated rings. The zero-order valence-corrected chi connectivity index (χ0v) is 13.2. The van der Waals surface area contributed by atoms with Crippen LogP contribution in [0.3, 0.4) is 0 Å². The molecule has 0 saturated carbocycles. The van der Waals surface area contributed by atoms with Crippen LogP contribution in [0.5, 0.6) is 11.5 Å². The van der Waals surface area contributed by atoms with Gasteiger partial charge in [-0.2, -0.15) is 0 Å². The van der Waals surface area contributed by atoms with Crippen molar-refractivity contribution in [2.75, 3.05) is 32.2 Å². The molecule has 2 aromatic rings. The van der Waals surface area contributed by atoms with Crippen LogP contribution in [0, 0.1) is 0 Å². The standard InChI is InChI=1S/C13H18N3O5P/c1-20-11-6-9-10(7-12(11)21-2)15-8-16-13(9)14-4-3-5-22(17,18)19/h6-8H,3-5H2,1-2H3,(H,14,15,16)(H2,17,18,19). The van der Waals surface area contributed by atoms with Crippen LogP contribution in [0.25, 0.3) is 10.9 Å². The van der Waals surface area contributed by atoms with Crippen LogP contribution in [0.15, 0.2) is 18.5 Å². The maximum atomic E-state index is 10.8. The van der Waals surface area contributed by atoms with E-state index in [1.54, 1.807) is 26.4 Å². The van der Waals surface area contributed by atoms with Gasteiger partial charge < -0.3 is 24.6 Å². The van der Waals surface area contributed by atoms with Crippen molar-refractivity contribution in [1.82, 2.24) is 9.97 Å². The van der Waals surface area contributed by atoms with Gasteiger partial charge in [-0.05, 0) is 12.5 Å². The summed E-state index contributed by atoms with van der Waals surface area (Å²) < 4.78 is 21.3. The van der Waals surface area contributed by atoms with Crippen LogP contribution in [0.1, 0.15) is 6.42 Å². The average Bonchev–Trinajstić information content (AvgIpc) is 2.49. The summed E-state index contributed by atoms with van der Waals surface area (Å²) in [4.78, 5) is 26.0. The van der Waals surface area contributed by atoms with Crippen molar-refractivity contribution in [3.63, 3.8) is 0 Å². The number of ether oxygens (including phenoxy) is 2. The molecule has 0 saturated heterocycles. The fraction of sp³-hybridized carbons (Fsp3) is 0.385. The fourth-order valence-electron chi connectivity index (χ4n) is 2.02. The third-order valence-electron chi connectivity index (χ3n) is 3.06. The Morgan fingerprint density at radius 2 is 1.86 bits per heavy atom. The molecule has 3 N–H and O–H groups in total. The van der Waals surface area contributed by atoms with Gasteiger partial charge in [0.15, 0.2) is 11.5 Å². The number of hydrogen-bond acceptors (Lipinski definition) is 6. The zero-order valence-electron chi connectivity index (χ0n) is 12.3. The number of anilines is 1. The first-order valence-corrected chi connectivity index (χ1v) is 8.39. The fourth-order valence-corrected chi connectivity index (χ4v) is 2.59. The molecule has 9 heteroatoms. The lowest BCUT2D eigenvalue weighted by Crippen LogP contribution is -2.06. The van der Waals surface area contributed by atoms with Crippen molar-refractivity contribution in [2.24, 2.45) is 0 Å². The molecule has 0 amide bonds. The van der Waals surface area contributed by atoms with E-state index < -0.39 is 7.60 Å². The summed E-state index contributed by atoms with van der Waals surface area (Å²) in [5.74, 6) is 1.71. The lowest BCUT2D eigenvalue weighted by atomic mass is 10.2. The molecule has 22 heavy (non-hydrogen) atoms. The minimum Gasteiger partial charge on any atom is -0.493 e. The van der Waals surface area contributed by atoms with E-state index in [9.17, 15) is 4.57 Å². The van der Waals surface area contributed by atoms with Gasteiger partial charge in [0.2, 0.25) is 0 Å². The second kappa shape index (κ2) is 6.91. The van der Waals surface area contributed by atoms with E-state index in [4.69, 9.17) is 19.3 Å². The summed E-state index contributed by atoms with van der Waals surface area (Å²) in [6, 6.07) is 3.51. The van der Waals surface area contributed by atoms with Gasteiger partial charge in [0, 0.05) is 18.0 Å². The minimum absolute atomic E-state index is 0.167. The second-order valence-corrected chi connectivity index (χ2v) is 6.39. The number of benzene rings is 1. The van der Waals surface area contributed by atoms with E-state index in [2.05, 4.69) is 15.3 Å². The first-order valence-electron chi connectivity index (χ1n) is 6.60. The molecule has 0 spiro atoms. The molecule has 0 unspecified atom stereocenters. The molecule has 0 radical (unpaired) electrons. The van der Waals surface area contributed by atoms with E-state index >= 15 is 0 Å². The summed E-state index contributed by atoms with van der Waals surface area (Å²) in [5.41, 5.74) is 0.685. The van der Waals surface area contributed by atoms with Gasteiger partial charge in [-0.1, -0.05) is 0 Å². The van der Waals surface area contributed by atoms with Crippen LogP contribution < -0.4 is 14.8 Å². The van der Waals surface area contributed by atoms with Gasteiger partial charge in [0.05, 0.1) is 25.9 Å². The highest BCUT2D eigenvalue weighted by atomic mass is 31.2. The van der Waals surface area contributed by atoms with Crippen molar-refractivity contribution < 1.29 is 23.8 Å². The molecule has 0 atom stereocenters. The number of nitrogens with one attached hydrogen (secondary N) is 1. The summed E-state index contributed by atoms with van der Waals surface area (Å²) in [6.45, 7) is 0.394. The van der Waals surface area contributed by atoms with Gasteiger partial charge in [-0.3, -0.25) is 4.57 Å². The molecule has 0 bridgehead atoms. The first-order chi connectivity index (χ1) is 10.4. The van der Waals surface area contributed by atoms with E-state index in [-0.39, 0.29) is 6.16 Å². The normalized spacial score (nSPS) is 11.5. The number of aromatic nitrogens is 2. The average molecular weight is 327 g/mol. The quantitative estimate of drug-likeness (QED) is 0.519. The molecule has 0 aliphatic carbocycles. The Kier molecular flexibility index (Phi) is 5.18. The smallest absolute Gasteiger partial charge is 0.325 e. The Morgan fingerprint density at radius 1 is 1.18 bits per heavy atom. The van der Waals surface area contributed by atoms with Crippen LogP contribution >= 0.6 is 7.60 Å². The Balaban J connectivity index is 2.21. The van der Waals surface area contributed by atoms with Crippen molar-refractivity contribution in [2.45, 2.75) is 6.42 Å². The third kappa shape index (κ3) is 4.07. The summed E-state index contributed by atoms with van der Waals surface area (Å²) in [5, 5.41) is 3.80. The highest BCUT2D eigenvalue weighted by Gasteiger charge is 2.13. The monoisotopic (exact) mass is 327 g/mol. The van der Waals surface area contributed by atoms with Gasteiger partial charge in [-0.15, -0.1) is 0 Å². The van der Waals surface area contributed by atoms with Gasteiger partial charge in [0.25, 0.3) is 0 Å². The van der Waals surface area contributed by atoms with Crippen LogP contribution in [0.4, 0.5) is 5.82 Å². The molecule has 120 valence electrons. The van der Waals surface area contributed by atoms with Crippen LogP contribution in [0.2, 0.25) is 0 Å². The Morgan fingerprint density at radius 3 is 2.50 bits per heavy atom. The Bertz CT molecular complexity index is 703. The molecule has 1 aromatic heterocycles. The predicted molar refractivity (Wildman–Crippen MR) is 82.7 cm³/mol. The maximum absolute atomic E-state index is 10.8. The number of hydrogen-bond donors (Lipinski definition) is 3. The molecule has 0 aliphatic heterocycles. The molecule has 1 heterocycles. The maximum Gasteiger partial charge on any atom is 0.325 e. The highest BCUT2D eigenvalue weighted by Crippen LogP contribution is 2.35. The molecule has 2 rings (SSSR count). The molecule has 1 aromatic carbocycles. The summed E-state index contributed by atoms with van der Waals surface area (Å²) in [6.07, 6.45) is 1.59. The van der Waals surface area contributed by atoms with E-state index in [0.717, 1.165) is 5.39 Å². The predicted octanol–water partition coefficient (Wildman–Crippen LogP) is 1.63. The van der Waals surface area contributed by atoms with Crippen molar-refractivity contribution in [1.29, 1.82) is 0 Å². The Hall–Kier alpha value is -1.89. The van der Waals surface area contributed by atoms with Crippen LogP contribution in [-0.2, 0) is 4.57 Å². The van der Waals surface area contributed by atoms with E-state index in [1.165, 1.54) is 6.33 Å². The van der Waals surface area contributed by atoms with Gasteiger partial charge >= 0.3 is 7.60 Å². The summed E-state index contributed by atoms with van der Waals surface area (Å²) in [7, 11) is -0.878. The van der Waals surface area contributed by atoms with Crippen molar-refractivity contribution in [3.05, 3.63) is 18.5 Å². The topological polar surface area (TPSA) is 114 Å². The molecule has 0 aliphatic rings. The summed E-state index contributed by atoms with van der Waals surface area (Å²) >= 11 is 0. The van der Waals surface area contributed by atoms with Gasteiger partial charge in [0.1, 0.15) is 12.1 Å². The van der Waals surface area contributed by atoms with E-state index in [1.807, 2.05) is 0 Å². The highest BCUT2D eigenvalue weighted by molar-refractivity contribution is 7.51. The molecule has 8 nitrogen and oxygen atoms in total. The Labute approximate surface area is 127 Å².